The number of carbonyl (C=O) groups is 1. The zero-order chi connectivity index (χ0) is 18.7. The highest BCUT2D eigenvalue weighted by molar-refractivity contribution is 7.19. The first-order valence-electron chi connectivity index (χ1n) is 9.03. The summed E-state index contributed by atoms with van der Waals surface area (Å²) in [6, 6.07) is 6.85. The van der Waals surface area contributed by atoms with Gasteiger partial charge in [0.25, 0.3) is 0 Å². The van der Waals surface area contributed by atoms with Gasteiger partial charge in [0.2, 0.25) is 0 Å². The molecule has 0 saturated heterocycles. The van der Waals surface area contributed by atoms with E-state index in [1.165, 1.54) is 16.9 Å². The molecular formula is C20H18N4O2S. The minimum atomic E-state index is -0.980. The summed E-state index contributed by atoms with van der Waals surface area (Å²) >= 11 is 1.76. The van der Waals surface area contributed by atoms with Crippen LogP contribution in [0.15, 0.2) is 24.3 Å². The standard InChI is InChI=1S/C20H18N4O2S/c1-10-7-8-14-15(9-10)27-19-16(14)18-22-17(23-24(18)11(2)21-19)12-5-3-4-6-13(12)20(25)26/h3-6,10H,7-9H2,1-2H3,(H,25,26). The Morgan fingerprint density at radius 1 is 1.30 bits per heavy atom. The number of rotatable bonds is 2. The van der Waals surface area contributed by atoms with Crippen molar-refractivity contribution in [2.45, 2.75) is 33.1 Å². The van der Waals surface area contributed by atoms with Gasteiger partial charge in [-0.25, -0.2) is 14.8 Å². The molecule has 0 fully saturated rings. The molecule has 3 aromatic heterocycles. The van der Waals surface area contributed by atoms with E-state index in [2.05, 4.69) is 12.0 Å². The summed E-state index contributed by atoms with van der Waals surface area (Å²) < 4.78 is 1.75. The molecule has 3 heterocycles. The Kier molecular flexibility index (Phi) is 3.55. The smallest absolute Gasteiger partial charge is 0.336 e. The Morgan fingerprint density at radius 2 is 2.11 bits per heavy atom. The number of carboxylic acid groups (broad SMARTS) is 1. The monoisotopic (exact) mass is 378 g/mol. The topological polar surface area (TPSA) is 80.4 Å². The molecule has 0 amide bonds. The van der Waals surface area contributed by atoms with Crippen LogP contribution < -0.4 is 0 Å². The fourth-order valence-electron chi connectivity index (χ4n) is 3.92. The van der Waals surface area contributed by atoms with Crippen LogP contribution in [0.5, 0.6) is 0 Å². The summed E-state index contributed by atoms with van der Waals surface area (Å²) in [5, 5.41) is 15.2. The molecule has 0 saturated carbocycles. The number of hydrogen-bond acceptors (Lipinski definition) is 5. The molecule has 1 atom stereocenters. The molecule has 5 rings (SSSR count). The van der Waals surface area contributed by atoms with E-state index in [0.717, 1.165) is 34.5 Å². The first-order chi connectivity index (χ1) is 13.0. The lowest BCUT2D eigenvalue weighted by atomic mass is 9.89. The van der Waals surface area contributed by atoms with Crippen LogP contribution in [0.2, 0.25) is 0 Å². The van der Waals surface area contributed by atoms with Crippen molar-refractivity contribution in [2.24, 2.45) is 5.92 Å². The van der Waals surface area contributed by atoms with Crippen molar-refractivity contribution in [1.29, 1.82) is 0 Å². The third-order valence-electron chi connectivity index (χ3n) is 5.29. The molecule has 1 unspecified atom stereocenters. The van der Waals surface area contributed by atoms with Gasteiger partial charge in [0.15, 0.2) is 11.5 Å². The van der Waals surface area contributed by atoms with Gasteiger partial charge >= 0.3 is 5.97 Å². The van der Waals surface area contributed by atoms with Crippen molar-refractivity contribution in [3.05, 3.63) is 46.1 Å². The quantitative estimate of drug-likeness (QED) is 0.567. The number of thiophene rings is 1. The molecule has 0 aliphatic heterocycles. The summed E-state index contributed by atoms with van der Waals surface area (Å²) in [6.45, 7) is 4.20. The Labute approximate surface area is 159 Å². The minimum absolute atomic E-state index is 0.205. The summed E-state index contributed by atoms with van der Waals surface area (Å²) in [6.07, 6.45) is 3.29. The maximum absolute atomic E-state index is 11.6. The third-order valence-corrected chi connectivity index (χ3v) is 6.44. The van der Waals surface area contributed by atoms with Gasteiger partial charge in [-0.15, -0.1) is 16.4 Å². The van der Waals surface area contributed by atoms with Crippen molar-refractivity contribution >= 4 is 33.2 Å². The van der Waals surface area contributed by atoms with Crippen LogP contribution in [-0.2, 0) is 12.8 Å². The molecule has 0 spiro atoms. The Balaban J connectivity index is 1.80. The van der Waals surface area contributed by atoms with Crippen molar-refractivity contribution in [3.8, 4) is 11.4 Å². The maximum Gasteiger partial charge on any atom is 0.336 e. The van der Waals surface area contributed by atoms with Crippen LogP contribution >= 0.6 is 11.3 Å². The van der Waals surface area contributed by atoms with E-state index in [9.17, 15) is 9.90 Å². The number of benzene rings is 1. The number of aromatic nitrogens is 4. The number of fused-ring (bicyclic) bond motifs is 5. The summed E-state index contributed by atoms with van der Waals surface area (Å²) in [4.78, 5) is 23.5. The third kappa shape index (κ3) is 2.45. The Hall–Kier alpha value is -2.80. The fourth-order valence-corrected chi connectivity index (χ4v) is 5.34. The predicted octanol–water partition coefficient (Wildman–Crippen LogP) is 4.14. The molecule has 27 heavy (non-hydrogen) atoms. The lowest BCUT2D eigenvalue weighted by Gasteiger charge is -2.17. The van der Waals surface area contributed by atoms with Crippen molar-refractivity contribution < 1.29 is 9.90 Å². The maximum atomic E-state index is 11.6. The van der Waals surface area contributed by atoms with Gasteiger partial charge in [-0.3, -0.25) is 0 Å². The second kappa shape index (κ2) is 5.85. The Bertz CT molecular complexity index is 1220. The number of hydrogen-bond donors (Lipinski definition) is 1. The number of nitrogens with zero attached hydrogens (tertiary/aromatic N) is 4. The summed E-state index contributed by atoms with van der Waals surface area (Å²) in [7, 11) is 0. The zero-order valence-electron chi connectivity index (χ0n) is 15.1. The van der Waals surface area contributed by atoms with Crippen molar-refractivity contribution in [1.82, 2.24) is 19.6 Å². The zero-order valence-corrected chi connectivity index (χ0v) is 15.9. The van der Waals surface area contributed by atoms with Gasteiger partial charge in [0.1, 0.15) is 10.7 Å². The molecule has 7 heteroatoms. The second-order valence-corrected chi connectivity index (χ2v) is 8.30. The van der Waals surface area contributed by atoms with Crippen molar-refractivity contribution in [3.63, 3.8) is 0 Å². The van der Waals surface area contributed by atoms with E-state index < -0.39 is 5.97 Å². The van der Waals surface area contributed by atoms with Gasteiger partial charge in [-0.2, -0.15) is 4.52 Å². The SMILES string of the molecule is Cc1nc2sc3c(c2c2nc(-c4ccccc4C(=O)O)nn12)CCC(C)C3. The van der Waals surface area contributed by atoms with E-state index in [1.54, 1.807) is 34.1 Å². The first kappa shape index (κ1) is 16.4. The lowest BCUT2D eigenvalue weighted by molar-refractivity contribution is 0.0697. The Morgan fingerprint density at radius 3 is 2.93 bits per heavy atom. The van der Waals surface area contributed by atoms with Crippen LogP contribution in [0.4, 0.5) is 0 Å². The van der Waals surface area contributed by atoms with Gasteiger partial charge < -0.3 is 5.11 Å². The molecule has 4 aromatic rings. The molecule has 1 aliphatic carbocycles. The van der Waals surface area contributed by atoms with Gasteiger partial charge in [0, 0.05) is 10.4 Å². The van der Waals surface area contributed by atoms with E-state index in [-0.39, 0.29) is 5.56 Å². The van der Waals surface area contributed by atoms with Crippen LogP contribution in [0, 0.1) is 12.8 Å². The average molecular weight is 378 g/mol. The number of aryl methyl sites for hydroxylation is 2. The lowest BCUT2D eigenvalue weighted by Crippen LogP contribution is -2.08. The largest absolute Gasteiger partial charge is 0.478 e. The second-order valence-electron chi connectivity index (χ2n) is 7.21. The highest BCUT2D eigenvalue weighted by Crippen LogP contribution is 2.39. The first-order valence-corrected chi connectivity index (χ1v) is 9.85. The molecule has 136 valence electrons. The molecule has 1 N–H and O–H groups in total. The highest BCUT2D eigenvalue weighted by Gasteiger charge is 2.25. The molecule has 6 nitrogen and oxygen atoms in total. The number of carboxylic acids is 1. The molecule has 0 radical (unpaired) electrons. The predicted molar refractivity (Wildman–Crippen MR) is 104 cm³/mol. The highest BCUT2D eigenvalue weighted by atomic mass is 32.1. The van der Waals surface area contributed by atoms with Gasteiger partial charge in [0.05, 0.1) is 10.9 Å². The van der Waals surface area contributed by atoms with Gasteiger partial charge in [-0.1, -0.05) is 25.1 Å². The minimum Gasteiger partial charge on any atom is -0.478 e. The summed E-state index contributed by atoms with van der Waals surface area (Å²) in [5.41, 5.74) is 2.85. The normalized spacial score (nSPS) is 16.7. The summed E-state index contributed by atoms with van der Waals surface area (Å²) in [5.74, 6) is 0.898. The average Bonchev–Trinajstić information content (AvgIpc) is 3.22. The molecule has 0 bridgehead atoms. The van der Waals surface area contributed by atoms with E-state index in [1.807, 2.05) is 13.0 Å². The van der Waals surface area contributed by atoms with Crippen LogP contribution in [0.25, 0.3) is 27.3 Å². The number of aromatic carboxylic acids is 1. The molecule has 1 aromatic carbocycles. The van der Waals surface area contributed by atoms with Crippen LogP contribution in [0.1, 0.15) is 40.0 Å². The van der Waals surface area contributed by atoms with Crippen LogP contribution in [-0.4, -0.2) is 30.7 Å². The van der Waals surface area contributed by atoms with E-state index in [4.69, 9.17) is 9.97 Å². The van der Waals surface area contributed by atoms with E-state index in [0.29, 0.717) is 17.3 Å². The fraction of sp³-hybridized carbons (Fsp3) is 0.300. The van der Waals surface area contributed by atoms with E-state index >= 15 is 0 Å². The molecule has 1 aliphatic rings. The van der Waals surface area contributed by atoms with Crippen molar-refractivity contribution in [2.75, 3.05) is 0 Å². The molecular weight excluding hydrogens is 360 g/mol. The van der Waals surface area contributed by atoms with Gasteiger partial charge in [-0.05, 0) is 43.7 Å². The van der Waals surface area contributed by atoms with Crippen LogP contribution in [0.3, 0.4) is 0 Å².